The van der Waals surface area contributed by atoms with Crippen LogP contribution in [0.3, 0.4) is 0 Å². The van der Waals surface area contributed by atoms with E-state index in [0.29, 0.717) is 46.3 Å². The van der Waals surface area contributed by atoms with E-state index in [1.165, 1.54) is 25.4 Å². The number of aromatic nitrogens is 2. The van der Waals surface area contributed by atoms with Gasteiger partial charge in [-0.3, -0.25) is 19.5 Å². The van der Waals surface area contributed by atoms with Crippen molar-refractivity contribution in [2.24, 2.45) is 5.73 Å². The highest BCUT2D eigenvalue weighted by Gasteiger charge is 2.23. The van der Waals surface area contributed by atoms with Crippen molar-refractivity contribution in [1.82, 2.24) is 15.5 Å². The van der Waals surface area contributed by atoms with Gasteiger partial charge in [0, 0.05) is 23.6 Å². The summed E-state index contributed by atoms with van der Waals surface area (Å²) in [5.41, 5.74) is 8.94. The minimum atomic E-state index is -0.710. The van der Waals surface area contributed by atoms with Crippen molar-refractivity contribution < 1.29 is 23.2 Å². The van der Waals surface area contributed by atoms with Gasteiger partial charge in [0.05, 0.1) is 11.8 Å². The number of hydrogen-bond acceptors (Lipinski definition) is 5. The second-order valence-corrected chi connectivity index (χ2v) is 8.45. The van der Waals surface area contributed by atoms with Crippen molar-refractivity contribution in [3.05, 3.63) is 88.9 Å². The molecule has 2 aromatic carbocycles. The van der Waals surface area contributed by atoms with Gasteiger partial charge in [0.1, 0.15) is 28.5 Å². The first-order valence-corrected chi connectivity index (χ1v) is 11.5. The van der Waals surface area contributed by atoms with Crippen LogP contribution in [0.15, 0.2) is 70.8 Å². The van der Waals surface area contributed by atoms with Crippen molar-refractivity contribution in [2.45, 2.75) is 12.8 Å². The number of primary amides is 1. The molecule has 0 spiro atoms. The number of carbonyl (C=O) groups excluding carboxylic acids is 3. The van der Waals surface area contributed by atoms with E-state index in [-0.39, 0.29) is 23.1 Å². The number of hydrogen-bond donors (Lipinski definition) is 4. The van der Waals surface area contributed by atoms with Crippen LogP contribution in [-0.2, 0) is 4.79 Å². The number of amides is 3. The maximum Gasteiger partial charge on any atom is 0.256 e. The largest absolute Gasteiger partial charge is 0.455 e. The molecule has 0 unspecified atom stereocenters. The molecule has 10 heteroatoms. The minimum absolute atomic E-state index is 0.0815. The second kappa shape index (κ2) is 9.57. The van der Waals surface area contributed by atoms with Gasteiger partial charge in [-0.2, -0.15) is 5.10 Å². The van der Waals surface area contributed by atoms with Crippen LogP contribution in [-0.4, -0.2) is 35.0 Å². The molecule has 0 atom stereocenters. The van der Waals surface area contributed by atoms with Gasteiger partial charge in [-0.15, -0.1) is 0 Å². The molecule has 0 bridgehead atoms. The molecular weight excluding hydrogens is 477 g/mol. The van der Waals surface area contributed by atoms with Gasteiger partial charge < -0.3 is 20.8 Å². The van der Waals surface area contributed by atoms with Crippen LogP contribution in [0.5, 0.6) is 0 Å². The molecule has 1 aliphatic rings. The molecule has 0 radical (unpaired) electrons. The number of rotatable bonds is 6. The van der Waals surface area contributed by atoms with Crippen LogP contribution in [0.2, 0.25) is 0 Å². The fourth-order valence-corrected chi connectivity index (χ4v) is 4.29. The molecule has 0 aliphatic heterocycles. The van der Waals surface area contributed by atoms with Crippen LogP contribution in [0.25, 0.3) is 27.9 Å². The number of allylic oxidation sites excluding steroid dienone is 2. The average molecular weight is 500 g/mol. The molecule has 2 aromatic heterocycles. The zero-order valence-corrected chi connectivity index (χ0v) is 19.7. The van der Waals surface area contributed by atoms with Crippen LogP contribution < -0.4 is 16.4 Å². The lowest BCUT2D eigenvalue weighted by atomic mass is 9.92. The summed E-state index contributed by atoms with van der Waals surface area (Å²) in [6, 6.07) is 11.2. The van der Waals surface area contributed by atoms with Crippen LogP contribution >= 0.6 is 0 Å². The van der Waals surface area contributed by atoms with E-state index in [1.807, 2.05) is 12.1 Å². The Morgan fingerprint density at radius 2 is 1.84 bits per heavy atom. The lowest BCUT2D eigenvalue weighted by molar-refractivity contribution is -0.112. The van der Waals surface area contributed by atoms with Crippen molar-refractivity contribution in [3.8, 4) is 11.3 Å². The third-order valence-electron chi connectivity index (χ3n) is 6.13. The standard InChI is InChI=1S/C27H22FN5O4/c1-30-27(36)22-19-12-16(7-10-21(19)37-23(22)14-5-8-18(28)9-6-14)15-3-2-4-17(11-15)26(35)32-25-20(24(29)34)13-31-33-25/h4-13H,2-3H2,1H3,(H2,29,34)(H,30,36)(H2,31,32,33,35). The third-order valence-corrected chi connectivity index (χ3v) is 6.13. The zero-order chi connectivity index (χ0) is 26.1. The third kappa shape index (κ3) is 4.52. The van der Waals surface area contributed by atoms with Gasteiger partial charge in [-0.05, 0) is 66.5 Å². The van der Waals surface area contributed by atoms with E-state index >= 15 is 0 Å². The van der Waals surface area contributed by atoms with E-state index in [4.69, 9.17) is 10.2 Å². The molecule has 5 N–H and O–H groups in total. The predicted molar refractivity (Wildman–Crippen MR) is 136 cm³/mol. The van der Waals surface area contributed by atoms with E-state index in [1.54, 1.807) is 30.4 Å². The number of halogens is 1. The Hall–Kier alpha value is -4.99. The number of anilines is 1. The smallest absolute Gasteiger partial charge is 0.256 e. The SMILES string of the molecule is CNC(=O)c1c(-c2ccc(F)cc2)oc2ccc(C3=CC(C(=O)Nc4[nH]ncc4C(N)=O)=CCC3)cc12. The van der Waals surface area contributed by atoms with E-state index in [2.05, 4.69) is 20.8 Å². The Morgan fingerprint density at radius 3 is 2.57 bits per heavy atom. The molecule has 3 amide bonds. The molecule has 2 heterocycles. The maximum atomic E-state index is 13.5. The number of H-pyrrole nitrogens is 1. The number of nitrogens with one attached hydrogen (secondary N) is 3. The van der Waals surface area contributed by atoms with Gasteiger partial charge in [0.15, 0.2) is 0 Å². The number of nitrogens with zero attached hydrogens (tertiary/aromatic N) is 1. The summed E-state index contributed by atoms with van der Waals surface area (Å²) >= 11 is 0. The molecule has 9 nitrogen and oxygen atoms in total. The van der Waals surface area contributed by atoms with Crippen molar-refractivity contribution in [1.29, 1.82) is 0 Å². The Bertz CT molecular complexity index is 1610. The first kappa shape index (κ1) is 23.7. The van der Waals surface area contributed by atoms with Crippen LogP contribution in [0, 0.1) is 5.82 Å². The Labute approximate surface area is 210 Å². The van der Waals surface area contributed by atoms with Crippen LogP contribution in [0.1, 0.15) is 39.1 Å². The number of benzene rings is 2. The van der Waals surface area contributed by atoms with Crippen molar-refractivity contribution in [2.75, 3.05) is 12.4 Å². The van der Waals surface area contributed by atoms with Gasteiger partial charge in [0.25, 0.3) is 17.7 Å². The number of aromatic amines is 1. The van der Waals surface area contributed by atoms with E-state index < -0.39 is 11.8 Å². The van der Waals surface area contributed by atoms with Gasteiger partial charge in [-0.1, -0.05) is 12.1 Å². The lowest BCUT2D eigenvalue weighted by Crippen LogP contribution is -2.19. The summed E-state index contributed by atoms with van der Waals surface area (Å²) in [7, 11) is 1.53. The molecule has 0 saturated heterocycles. The van der Waals surface area contributed by atoms with Crippen molar-refractivity contribution >= 4 is 40.1 Å². The first-order valence-electron chi connectivity index (χ1n) is 11.5. The average Bonchev–Trinajstić information content (AvgIpc) is 3.53. The second-order valence-electron chi connectivity index (χ2n) is 8.45. The zero-order valence-electron chi connectivity index (χ0n) is 19.7. The summed E-state index contributed by atoms with van der Waals surface area (Å²) in [6.07, 6.45) is 6.11. The highest BCUT2D eigenvalue weighted by Crippen LogP contribution is 2.37. The molecule has 0 saturated carbocycles. The molecule has 5 rings (SSSR count). The van der Waals surface area contributed by atoms with Gasteiger partial charge in [-0.25, -0.2) is 4.39 Å². The molecule has 37 heavy (non-hydrogen) atoms. The Morgan fingerprint density at radius 1 is 1.08 bits per heavy atom. The van der Waals surface area contributed by atoms with Gasteiger partial charge >= 0.3 is 0 Å². The normalized spacial score (nSPS) is 13.1. The van der Waals surface area contributed by atoms with Gasteiger partial charge in [0.2, 0.25) is 0 Å². The molecule has 0 fully saturated rings. The molecule has 1 aliphatic carbocycles. The van der Waals surface area contributed by atoms with Crippen molar-refractivity contribution in [3.63, 3.8) is 0 Å². The van der Waals surface area contributed by atoms with E-state index in [9.17, 15) is 18.8 Å². The topological polar surface area (TPSA) is 143 Å². The lowest BCUT2D eigenvalue weighted by Gasteiger charge is -2.14. The fraction of sp³-hybridized carbons (Fsp3) is 0.111. The number of carbonyl (C=O) groups is 3. The summed E-state index contributed by atoms with van der Waals surface area (Å²) in [5.74, 6) is -1.39. The molecule has 4 aromatic rings. The van der Waals surface area contributed by atoms with E-state index in [0.717, 1.165) is 11.1 Å². The number of nitrogens with two attached hydrogens (primary N) is 1. The molecular formula is C27H22FN5O4. The monoisotopic (exact) mass is 499 g/mol. The number of fused-ring (bicyclic) bond motifs is 1. The molecule has 186 valence electrons. The summed E-state index contributed by atoms with van der Waals surface area (Å²) in [6.45, 7) is 0. The number of furan rings is 1. The minimum Gasteiger partial charge on any atom is -0.455 e. The maximum absolute atomic E-state index is 13.5. The highest BCUT2D eigenvalue weighted by atomic mass is 19.1. The predicted octanol–water partition coefficient (Wildman–Crippen LogP) is 4.16. The Kier molecular flexibility index (Phi) is 6.14. The first-order chi connectivity index (χ1) is 17.9. The summed E-state index contributed by atoms with van der Waals surface area (Å²) in [5, 5.41) is 12.2. The Balaban J connectivity index is 1.50. The fourth-order valence-electron chi connectivity index (χ4n) is 4.29. The summed E-state index contributed by atoms with van der Waals surface area (Å²) in [4.78, 5) is 37.2. The summed E-state index contributed by atoms with van der Waals surface area (Å²) < 4.78 is 19.5. The highest BCUT2D eigenvalue weighted by molar-refractivity contribution is 6.12. The quantitative estimate of drug-likeness (QED) is 0.315. The van der Waals surface area contributed by atoms with Crippen LogP contribution in [0.4, 0.5) is 10.2 Å².